The number of nitrogens with zero attached hydrogens (tertiary/aromatic N) is 2. The predicted molar refractivity (Wildman–Crippen MR) is 107 cm³/mol. The number of benzene rings is 1. The molecule has 0 spiro atoms. The molecule has 0 saturated heterocycles. The molecule has 1 aliphatic carbocycles. The van der Waals surface area contributed by atoms with E-state index in [4.69, 9.17) is 5.14 Å². The van der Waals surface area contributed by atoms with Crippen LogP contribution in [0.15, 0.2) is 47.6 Å². The highest BCUT2D eigenvalue weighted by Gasteiger charge is 2.19. The Kier molecular flexibility index (Phi) is 4.82. The molecule has 0 unspecified atom stereocenters. The van der Waals surface area contributed by atoms with Gasteiger partial charge in [0.1, 0.15) is 0 Å². The number of rotatable bonds is 4. The summed E-state index contributed by atoms with van der Waals surface area (Å²) in [5, 5.41) is 8.34. The van der Waals surface area contributed by atoms with Crippen LogP contribution in [-0.2, 0) is 6.54 Å². The van der Waals surface area contributed by atoms with E-state index in [1.54, 1.807) is 0 Å². The molecule has 2 heterocycles. The van der Waals surface area contributed by atoms with E-state index >= 15 is 0 Å². The van der Waals surface area contributed by atoms with Gasteiger partial charge in [0.2, 0.25) is 0 Å². The van der Waals surface area contributed by atoms with Crippen molar-refractivity contribution < 1.29 is 0 Å². The molecule has 0 aliphatic heterocycles. The SMILES string of the molecule is Cc1c(SN)cc(-c2ccc3ccncc3c2)n1CC1CCCCC1. The second-order valence-corrected chi connectivity index (χ2v) is 7.82. The number of aromatic nitrogens is 2. The first-order chi connectivity index (χ1) is 12.3. The predicted octanol–water partition coefficient (Wildman–Crippen LogP) is 5.56. The highest BCUT2D eigenvalue weighted by molar-refractivity contribution is 7.97. The van der Waals surface area contributed by atoms with Crippen molar-refractivity contribution in [1.29, 1.82) is 0 Å². The third-order valence-corrected chi connectivity index (χ3v) is 6.22. The van der Waals surface area contributed by atoms with Crippen LogP contribution in [0.4, 0.5) is 0 Å². The largest absolute Gasteiger partial charge is 0.343 e. The van der Waals surface area contributed by atoms with Crippen molar-refractivity contribution in [1.82, 2.24) is 9.55 Å². The Hall–Kier alpha value is -1.78. The zero-order valence-electron chi connectivity index (χ0n) is 14.7. The van der Waals surface area contributed by atoms with Gasteiger partial charge in [-0.05, 0) is 66.8 Å². The maximum absolute atomic E-state index is 5.93. The third kappa shape index (κ3) is 3.33. The van der Waals surface area contributed by atoms with E-state index in [-0.39, 0.29) is 0 Å². The fraction of sp³-hybridized carbons (Fsp3) is 0.381. The van der Waals surface area contributed by atoms with E-state index in [1.807, 2.05) is 12.4 Å². The Labute approximate surface area is 153 Å². The molecule has 2 N–H and O–H groups in total. The molecule has 25 heavy (non-hydrogen) atoms. The van der Waals surface area contributed by atoms with Crippen LogP contribution in [-0.4, -0.2) is 9.55 Å². The smallest absolute Gasteiger partial charge is 0.0494 e. The average Bonchev–Trinajstić information content (AvgIpc) is 2.98. The summed E-state index contributed by atoms with van der Waals surface area (Å²) in [5.41, 5.74) is 3.82. The van der Waals surface area contributed by atoms with Crippen LogP contribution in [0.2, 0.25) is 0 Å². The lowest BCUT2D eigenvalue weighted by atomic mass is 9.89. The van der Waals surface area contributed by atoms with Crippen LogP contribution in [0.3, 0.4) is 0 Å². The van der Waals surface area contributed by atoms with Crippen molar-refractivity contribution in [3.8, 4) is 11.3 Å². The van der Waals surface area contributed by atoms with Crippen LogP contribution < -0.4 is 5.14 Å². The summed E-state index contributed by atoms with van der Waals surface area (Å²) in [5.74, 6) is 0.788. The van der Waals surface area contributed by atoms with Crippen LogP contribution in [0.5, 0.6) is 0 Å². The van der Waals surface area contributed by atoms with Gasteiger partial charge >= 0.3 is 0 Å². The van der Waals surface area contributed by atoms with Crippen molar-refractivity contribution in [2.75, 3.05) is 0 Å². The maximum atomic E-state index is 5.93. The van der Waals surface area contributed by atoms with Crippen LogP contribution >= 0.6 is 11.9 Å². The minimum Gasteiger partial charge on any atom is -0.343 e. The summed E-state index contributed by atoms with van der Waals surface area (Å²) in [4.78, 5) is 5.45. The van der Waals surface area contributed by atoms with Crippen LogP contribution in [0.1, 0.15) is 37.8 Å². The van der Waals surface area contributed by atoms with Gasteiger partial charge < -0.3 is 4.57 Å². The summed E-state index contributed by atoms with van der Waals surface area (Å²) in [6, 6.07) is 11.0. The molecule has 1 fully saturated rings. The van der Waals surface area contributed by atoms with Crippen molar-refractivity contribution in [2.24, 2.45) is 11.1 Å². The number of pyridine rings is 1. The van der Waals surface area contributed by atoms with E-state index in [0.29, 0.717) is 0 Å². The van der Waals surface area contributed by atoms with Gasteiger partial charge in [0, 0.05) is 40.6 Å². The van der Waals surface area contributed by atoms with Gasteiger partial charge in [0.15, 0.2) is 0 Å². The zero-order valence-corrected chi connectivity index (χ0v) is 15.6. The summed E-state index contributed by atoms with van der Waals surface area (Å²) < 4.78 is 2.49. The Morgan fingerprint density at radius 1 is 1.12 bits per heavy atom. The van der Waals surface area contributed by atoms with E-state index in [2.05, 4.69) is 46.8 Å². The summed E-state index contributed by atoms with van der Waals surface area (Å²) in [7, 11) is 0. The number of fused-ring (bicyclic) bond motifs is 1. The fourth-order valence-electron chi connectivity index (χ4n) is 4.09. The molecule has 1 aromatic carbocycles. The zero-order chi connectivity index (χ0) is 17.2. The average molecular weight is 352 g/mol. The fourth-order valence-corrected chi connectivity index (χ4v) is 4.55. The monoisotopic (exact) mass is 351 g/mol. The van der Waals surface area contributed by atoms with Crippen molar-refractivity contribution in [3.63, 3.8) is 0 Å². The minimum absolute atomic E-state index is 0.788. The number of hydrogen-bond acceptors (Lipinski definition) is 3. The van der Waals surface area contributed by atoms with E-state index in [1.165, 1.54) is 76.7 Å². The lowest BCUT2D eigenvalue weighted by molar-refractivity contribution is 0.318. The molecule has 2 aromatic heterocycles. The second kappa shape index (κ2) is 7.22. The summed E-state index contributed by atoms with van der Waals surface area (Å²) in [6.45, 7) is 3.30. The van der Waals surface area contributed by atoms with Gasteiger partial charge in [-0.2, -0.15) is 0 Å². The molecule has 0 amide bonds. The van der Waals surface area contributed by atoms with Gasteiger partial charge in [0.05, 0.1) is 0 Å². The molecule has 1 saturated carbocycles. The van der Waals surface area contributed by atoms with Crippen LogP contribution in [0.25, 0.3) is 22.0 Å². The third-order valence-electron chi connectivity index (χ3n) is 5.55. The quantitative estimate of drug-likeness (QED) is 0.626. The maximum Gasteiger partial charge on any atom is 0.0494 e. The molecule has 3 nitrogen and oxygen atoms in total. The molecule has 130 valence electrons. The van der Waals surface area contributed by atoms with E-state index < -0.39 is 0 Å². The van der Waals surface area contributed by atoms with Gasteiger partial charge in [-0.15, -0.1) is 0 Å². The van der Waals surface area contributed by atoms with Gasteiger partial charge in [-0.3, -0.25) is 10.1 Å². The van der Waals surface area contributed by atoms with Gasteiger partial charge in [-0.1, -0.05) is 31.4 Å². The second-order valence-electron chi connectivity index (χ2n) is 7.15. The van der Waals surface area contributed by atoms with Crippen LogP contribution in [0, 0.1) is 12.8 Å². The number of nitrogens with two attached hydrogens (primary N) is 1. The molecule has 0 bridgehead atoms. The lowest BCUT2D eigenvalue weighted by Crippen LogP contribution is -2.15. The van der Waals surface area contributed by atoms with Crippen molar-refractivity contribution >= 4 is 22.7 Å². The first-order valence-electron chi connectivity index (χ1n) is 9.17. The summed E-state index contributed by atoms with van der Waals surface area (Å²) in [6.07, 6.45) is 10.6. The minimum atomic E-state index is 0.788. The Morgan fingerprint density at radius 3 is 2.76 bits per heavy atom. The Morgan fingerprint density at radius 2 is 1.96 bits per heavy atom. The molecular formula is C21H25N3S. The molecule has 1 aliphatic rings. The summed E-state index contributed by atoms with van der Waals surface area (Å²) >= 11 is 1.36. The highest BCUT2D eigenvalue weighted by atomic mass is 32.2. The molecule has 0 atom stereocenters. The Balaban J connectivity index is 1.76. The first-order valence-corrected chi connectivity index (χ1v) is 10.1. The lowest BCUT2D eigenvalue weighted by Gasteiger charge is -2.24. The Bertz CT molecular complexity index is 878. The molecule has 3 aromatic rings. The molecule has 4 rings (SSSR count). The van der Waals surface area contributed by atoms with Crippen molar-refractivity contribution in [2.45, 2.75) is 50.5 Å². The van der Waals surface area contributed by atoms with E-state index in [0.717, 1.165) is 12.5 Å². The normalized spacial score (nSPS) is 15.8. The number of hydrogen-bond donors (Lipinski definition) is 1. The molecular weight excluding hydrogens is 326 g/mol. The van der Waals surface area contributed by atoms with Crippen molar-refractivity contribution in [3.05, 3.63) is 48.4 Å². The van der Waals surface area contributed by atoms with Gasteiger partial charge in [-0.25, -0.2) is 0 Å². The standard InChI is InChI=1S/C21H25N3S/c1-15-21(25-22)12-20(24(15)14-16-5-3-2-4-6-16)18-8-7-17-9-10-23-13-19(17)11-18/h7-13,16H,2-6,14,22H2,1H3. The van der Waals surface area contributed by atoms with Gasteiger partial charge in [0.25, 0.3) is 0 Å². The molecule has 0 radical (unpaired) electrons. The topological polar surface area (TPSA) is 43.8 Å². The first kappa shape index (κ1) is 16.7. The highest BCUT2D eigenvalue weighted by Crippen LogP contribution is 2.34. The molecule has 4 heteroatoms. The van der Waals surface area contributed by atoms with E-state index in [9.17, 15) is 0 Å².